The van der Waals surface area contributed by atoms with Gasteiger partial charge in [0.2, 0.25) is 0 Å². The summed E-state index contributed by atoms with van der Waals surface area (Å²) in [6.07, 6.45) is 0.0969. The summed E-state index contributed by atoms with van der Waals surface area (Å²) in [6, 6.07) is 10.3. The van der Waals surface area contributed by atoms with Crippen molar-refractivity contribution in [2.75, 3.05) is 26.1 Å². The lowest BCUT2D eigenvalue weighted by molar-refractivity contribution is 0.128. The van der Waals surface area contributed by atoms with Crippen LogP contribution < -0.4 is 5.32 Å². The number of thiophene rings is 1. The number of rotatable bonds is 7. The topological polar surface area (TPSA) is 56.3 Å². The molecule has 126 valence electrons. The maximum absolute atomic E-state index is 5.33. The molecule has 24 heavy (non-hydrogen) atoms. The lowest BCUT2D eigenvalue weighted by Gasteiger charge is -2.13. The van der Waals surface area contributed by atoms with E-state index in [-0.39, 0.29) is 6.10 Å². The predicted molar refractivity (Wildman–Crippen MR) is 98.5 cm³/mol. The van der Waals surface area contributed by atoms with E-state index in [1.54, 1.807) is 25.6 Å². The molecule has 0 radical (unpaired) electrons. The van der Waals surface area contributed by atoms with Crippen LogP contribution in [0.3, 0.4) is 0 Å². The molecule has 0 aliphatic rings. The number of nitrogens with zero attached hydrogens (tertiary/aromatic N) is 2. The summed E-state index contributed by atoms with van der Waals surface area (Å²) in [4.78, 5) is 10.3. The van der Waals surface area contributed by atoms with E-state index < -0.39 is 0 Å². The average Bonchev–Trinajstić information content (AvgIpc) is 3.04. The van der Waals surface area contributed by atoms with E-state index in [1.165, 1.54) is 0 Å². The molecule has 1 aromatic carbocycles. The summed E-state index contributed by atoms with van der Waals surface area (Å²) in [7, 11) is 3.36. The van der Waals surface area contributed by atoms with Gasteiger partial charge in [0.25, 0.3) is 0 Å². The van der Waals surface area contributed by atoms with Crippen LogP contribution in [0.1, 0.15) is 12.7 Å². The Morgan fingerprint density at radius 2 is 1.96 bits per heavy atom. The van der Waals surface area contributed by atoms with Crippen molar-refractivity contribution in [2.24, 2.45) is 0 Å². The fraction of sp³-hybridized carbons (Fsp3) is 0.333. The Hall–Kier alpha value is -2.02. The number of anilines is 1. The highest BCUT2D eigenvalue weighted by Gasteiger charge is 2.15. The van der Waals surface area contributed by atoms with Crippen molar-refractivity contribution in [2.45, 2.75) is 19.6 Å². The highest BCUT2D eigenvalue weighted by Crippen LogP contribution is 2.36. The van der Waals surface area contributed by atoms with Gasteiger partial charge in [-0.05, 0) is 12.5 Å². The van der Waals surface area contributed by atoms with Gasteiger partial charge in [-0.15, -0.1) is 11.3 Å². The number of methoxy groups -OCH3 is 2. The van der Waals surface area contributed by atoms with Crippen molar-refractivity contribution < 1.29 is 9.47 Å². The molecular weight excluding hydrogens is 322 g/mol. The smallest absolute Gasteiger partial charge is 0.158 e. The minimum Gasteiger partial charge on any atom is -0.380 e. The summed E-state index contributed by atoms with van der Waals surface area (Å²) in [6.45, 7) is 3.09. The lowest BCUT2D eigenvalue weighted by atomic mass is 10.1. The normalized spacial score (nSPS) is 12.5. The van der Waals surface area contributed by atoms with Crippen LogP contribution in [0.4, 0.5) is 5.82 Å². The van der Waals surface area contributed by atoms with Gasteiger partial charge >= 0.3 is 0 Å². The molecule has 1 atom stereocenters. The zero-order valence-electron chi connectivity index (χ0n) is 14.1. The van der Waals surface area contributed by atoms with E-state index >= 15 is 0 Å². The average molecular weight is 343 g/mol. The lowest BCUT2D eigenvalue weighted by Crippen LogP contribution is -2.19. The predicted octanol–water partition coefficient (Wildman–Crippen LogP) is 3.95. The summed E-state index contributed by atoms with van der Waals surface area (Å²) in [5.74, 6) is 1.51. The van der Waals surface area contributed by atoms with Gasteiger partial charge in [0, 0.05) is 31.7 Å². The Balaban J connectivity index is 2.08. The fourth-order valence-corrected chi connectivity index (χ4v) is 3.43. The van der Waals surface area contributed by atoms with E-state index in [0.29, 0.717) is 19.0 Å². The van der Waals surface area contributed by atoms with E-state index in [0.717, 1.165) is 27.2 Å². The maximum Gasteiger partial charge on any atom is 0.158 e. The Morgan fingerprint density at radius 3 is 2.67 bits per heavy atom. The molecule has 1 N–H and O–H groups in total. The second-order valence-electron chi connectivity index (χ2n) is 5.54. The first-order chi connectivity index (χ1) is 11.7. The third-order valence-corrected chi connectivity index (χ3v) is 4.67. The largest absolute Gasteiger partial charge is 0.380 e. The number of fused-ring (bicyclic) bond motifs is 1. The summed E-state index contributed by atoms with van der Waals surface area (Å²) < 4.78 is 10.5. The third-order valence-electron chi connectivity index (χ3n) is 3.80. The van der Waals surface area contributed by atoms with Gasteiger partial charge in [0.15, 0.2) is 5.82 Å². The molecule has 5 nitrogen and oxygen atoms in total. The van der Waals surface area contributed by atoms with Gasteiger partial charge in [0.05, 0.1) is 11.5 Å². The van der Waals surface area contributed by atoms with Gasteiger partial charge in [-0.3, -0.25) is 0 Å². The number of benzene rings is 1. The Bertz CT molecular complexity index is 805. The SMILES string of the molecule is COCc1nc(NCC(C)OC)c2c(-c3ccccc3)csc2n1. The van der Waals surface area contributed by atoms with Crippen molar-refractivity contribution in [1.82, 2.24) is 9.97 Å². The zero-order chi connectivity index (χ0) is 16.9. The quantitative estimate of drug-likeness (QED) is 0.704. The molecule has 3 aromatic rings. The molecule has 1 unspecified atom stereocenters. The number of ether oxygens (including phenoxy) is 2. The summed E-state index contributed by atoms with van der Waals surface area (Å²) in [5.41, 5.74) is 2.31. The first-order valence-corrected chi connectivity index (χ1v) is 8.70. The van der Waals surface area contributed by atoms with Gasteiger partial charge in [-0.1, -0.05) is 30.3 Å². The molecule has 3 rings (SSSR count). The summed E-state index contributed by atoms with van der Waals surface area (Å²) >= 11 is 1.63. The van der Waals surface area contributed by atoms with Crippen molar-refractivity contribution in [1.29, 1.82) is 0 Å². The van der Waals surface area contributed by atoms with Gasteiger partial charge in [-0.2, -0.15) is 0 Å². The van der Waals surface area contributed by atoms with E-state index in [1.807, 2.05) is 25.1 Å². The van der Waals surface area contributed by atoms with Crippen molar-refractivity contribution in [3.05, 3.63) is 41.5 Å². The minimum atomic E-state index is 0.0969. The second-order valence-corrected chi connectivity index (χ2v) is 6.40. The van der Waals surface area contributed by atoms with Crippen LogP contribution in [0, 0.1) is 0 Å². The minimum absolute atomic E-state index is 0.0969. The molecule has 0 saturated heterocycles. The standard InChI is InChI=1S/C18H21N3O2S/c1-12(23-3)9-19-17-16-14(13-7-5-4-6-8-13)11-24-18(16)21-15(20-17)10-22-2/h4-8,11-12H,9-10H2,1-3H3,(H,19,20,21). The van der Waals surface area contributed by atoms with E-state index in [9.17, 15) is 0 Å². The van der Waals surface area contributed by atoms with Crippen LogP contribution in [0.15, 0.2) is 35.7 Å². The van der Waals surface area contributed by atoms with Crippen LogP contribution >= 0.6 is 11.3 Å². The Labute approximate surface area is 145 Å². The Kier molecular flexibility index (Phi) is 5.40. The van der Waals surface area contributed by atoms with Crippen LogP contribution in [-0.2, 0) is 16.1 Å². The fourth-order valence-electron chi connectivity index (χ4n) is 2.46. The summed E-state index contributed by atoms with van der Waals surface area (Å²) in [5, 5.41) is 6.59. The van der Waals surface area contributed by atoms with E-state index in [2.05, 4.69) is 32.8 Å². The maximum atomic E-state index is 5.33. The number of hydrogen-bond acceptors (Lipinski definition) is 6. The van der Waals surface area contributed by atoms with Crippen molar-refractivity contribution >= 4 is 27.4 Å². The third kappa shape index (κ3) is 3.56. The molecule has 0 fully saturated rings. The van der Waals surface area contributed by atoms with E-state index in [4.69, 9.17) is 9.47 Å². The highest BCUT2D eigenvalue weighted by molar-refractivity contribution is 7.17. The first kappa shape index (κ1) is 16.8. The molecule has 0 saturated carbocycles. The zero-order valence-corrected chi connectivity index (χ0v) is 14.9. The van der Waals surface area contributed by atoms with Crippen LogP contribution in [-0.4, -0.2) is 36.8 Å². The number of hydrogen-bond donors (Lipinski definition) is 1. The van der Waals surface area contributed by atoms with Gasteiger partial charge < -0.3 is 14.8 Å². The molecule has 0 aliphatic heterocycles. The van der Waals surface area contributed by atoms with Gasteiger partial charge in [-0.25, -0.2) is 9.97 Å². The monoisotopic (exact) mass is 343 g/mol. The van der Waals surface area contributed by atoms with Gasteiger partial charge in [0.1, 0.15) is 17.3 Å². The van der Waals surface area contributed by atoms with Crippen LogP contribution in [0.25, 0.3) is 21.3 Å². The molecule has 0 spiro atoms. The second kappa shape index (κ2) is 7.70. The Morgan fingerprint density at radius 1 is 1.17 bits per heavy atom. The molecular formula is C18H21N3O2S. The van der Waals surface area contributed by atoms with Crippen LogP contribution in [0.2, 0.25) is 0 Å². The van der Waals surface area contributed by atoms with Crippen molar-refractivity contribution in [3.63, 3.8) is 0 Å². The molecule has 2 heterocycles. The molecule has 0 aliphatic carbocycles. The first-order valence-electron chi connectivity index (χ1n) is 7.82. The highest BCUT2D eigenvalue weighted by atomic mass is 32.1. The van der Waals surface area contributed by atoms with Crippen LogP contribution in [0.5, 0.6) is 0 Å². The molecule has 0 amide bonds. The number of nitrogens with one attached hydrogen (secondary N) is 1. The molecule has 6 heteroatoms. The molecule has 0 bridgehead atoms. The molecule has 2 aromatic heterocycles. The number of aromatic nitrogens is 2. The van der Waals surface area contributed by atoms with Crippen molar-refractivity contribution in [3.8, 4) is 11.1 Å².